The first-order valence-corrected chi connectivity index (χ1v) is 5.50. The Hall–Kier alpha value is -0.480. The van der Waals surface area contributed by atoms with Gasteiger partial charge in [-0.3, -0.25) is 0 Å². The molecule has 1 heterocycles. The van der Waals surface area contributed by atoms with Gasteiger partial charge in [0.25, 0.3) is 0 Å². The van der Waals surface area contributed by atoms with Gasteiger partial charge in [0.1, 0.15) is 5.52 Å². The lowest BCUT2D eigenvalue weighted by molar-refractivity contribution is 1.33. The van der Waals surface area contributed by atoms with Gasteiger partial charge >= 0.3 is 0 Å². The van der Waals surface area contributed by atoms with Crippen molar-refractivity contribution in [1.29, 1.82) is 0 Å². The minimum Gasteiger partial charge on any atom is -0.344 e. The largest absolute Gasteiger partial charge is 0.344 e. The summed E-state index contributed by atoms with van der Waals surface area (Å²) in [5.74, 6) is 0. The molecule has 0 bridgehead atoms. The van der Waals surface area contributed by atoms with Crippen LogP contribution >= 0.6 is 27.7 Å². The average molecular weight is 243 g/mol. The number of aromatic nitrogens is 2. The number of fused-ring (bicyclic) bond motifs is 1. The predicted molar refractivity (Wildman–Crippen MR) is 55.6 cm³/mol. The van der Waals surface area contributed by atoms with E-state index in [2.05, 4.69) is 38.2 Å². The molecule has 0 saturated heterocycles. The van der Waals surface area contributed by atoms with Crippen molar-refractivity contribution in [2.45, 2.75) is 4.90 Å². The van der Waals surface area contributed by atoms with E-state index in [9.17, 15) is 0 Å². The first-order valence-electron chi connectivity index (χ1n) is 3.48. The zero-order valence-electron chi connectivity index (χ0n) is 6.47. The van der Waals surface area contributed by atoms with Gasteiger partial charge in [0.15, 0.2) is 0 Å². The second-order valence-electron chi connectivity index (χ2n) is 2.38. The summed E-state index contributed by atoms with van der Waals surface area (Å²) in [6.45, 7) is 0. The number of H-pyrrole nitrogens is 1. The number of aromatic amines is 1. The minimum absolute atomic E-state index is 1.00. The van der Waals surface area contributed by atoms with E-state index in [0.717, 1.165) is 15.5 Å². The van der Waals surface area contributed by atoms with Gasteiger partial charge in [0.2, 0.25) is 0 Å². The van der Waals surface area contributed by atoms with Gasteiger partial charge in [0, 0.05) is 9.37 Å². The number of hydrogen-bond donors (Lipinski definition) is 1. The Morgan fingerprint density at radius 2 is 2.33 bits per heavy atom. The lowest BCUT2D eigenvalue weighted by Gasteiger charge is -1.98. The third-order valence-electron chi connectivity index (χ3n) is 1.71. The van der Waals surface area contributed by atoms with E-state index in [-0.39, 0.29) is 0 Å². The van der Waals surface area contributed by atoms with Gasteiger partial charge in [-0.2, -0.15) is 0 Å². The van der Waals surface area contributed by atoms with Crippen molar-refractivity contribution in [2.24, 2.45) is 0 Å². The maximum atomic E-state index is 4.21. The summed E-state index contributed by atoms with van der Waals surface area (Å²) >= 11 is 5.17. The van der Waals surface area contributed by atoms with E-state index in [1.165, 1.54) is 4.90 Å². The molecule has 2 nitrogen and oxygen atoms in total. The van der Waals surface area contributed by atoms with E-state index >= 15 is 0 Å². The first kappa shape index (κ1) is 8.13. The lowest BCUT2D eigenvalue weighted by Crippen LogP contribution is -1.76. The summed E-state index contributed by atoms with van der Waals surface area (Å²) < 4.78 is 1.04. The molecule has 1 aromatic heterocycles. The smallest absolute Gasteiger partial charge is 0.104 e. The zero-order valence-corrected chi connectivity index (χ0v) is 8.87. The van der Waals surface area contributed by atoms with Crippen LogP contribution in [0.2, 0.25) is 0 Å². The monoisotopic (exact) mass is 242 g/mol. The summed E-state index contributed by atoms with van der Waals surface area (Å²) in [6, 6.07) is 4.10. The molecular formula is C8H7BrN2S. The van der Waals surface area contributed by atoms with Gasteiger partial charge in [-0.1, -0.05) is 0 Å². The average Bonchev–Trinajstić information content (AvgIpc) is 2.54. The second kappa shape index (κ2) is 3.11. The number of thioether (sulfide) groups is 1. The molecule has 0 spiro atoms. The van der Waals surface area contributed by atoms with Crippen molar-refractivity contribution >= 4 is 38.7 Å². The van der Waals surface area contributed by atoms with E-state index in [4.69, 9.17) is 0 Å². The van der Waals surface area contributed by atoms with Crippen molar-refractivity contribution in [3.8, 4) is 0 Å². The van der Waals surface area contributed by atoms with Crippen LogP contribution in [0, 0.1) is 0 Å². The molecule has 1 aromatic carbocycles. The molecule has 4 heteroatoms. The van der Waals surface area contributed by atoms with Gasteiger partial charge in [-0.15, -0.1) is 11.8 Å². The van der Waals surface area contributed by atoms with Crippen molar-refractivity contribution in [3.63, 3.8) is 0 Å². The van der Waals surface area contributed by atoms with Crippen molar-refractivity contribution in [1.82, 2.24) is 9.97 Å². The number of nitrogens with one attached hydrogen (secondary N) is 1. The van der Waals surface area contributed by atoms with E-state index in [0.29, 0.717) is 0 Å². The Morgan fingerprint density at radius 3 is 3.08 bits per heavy atom. The van der Waals surface area contributed by atoms with Crippen molar-refractivity contribution in [2.75, 3.05) is 6.26 Å². The Kier molecular flexibility index (Phi) is 2.11. The van der Waals surface area contributed by atoms with Crippen LogP contribution in [0.4, 0.5) is 0 Å². The highest BCUT2D eigenvalue weighted by atomic mass is 79.9. The summed E-state index contributed by atoms with van der Waals surface area (Å²) in [5.41, 5.74) is 2.11. The molecule has 0 fully saturated rings. The molecule has 0 amide bonds. The maximum absolute atomic E-state index is 4.21. The van der Waals surface area contributed by atoms with Crippen LogP contribution in [-0.4, -0.2) is 16.2 Å². The van der Waals surface area contributed by atoms with Crippen LogP contribution in [-0.2, 0) is 0 Å². The minimum atomic E-state index is 1.00. The summed E-state index contributed by atoms with van der Waals surface area (Å²) in [7, 11) is 0. The van der Waals surface area contributed by atoms with Crippen LogP contribution in [0.1, 0.15) is 0 Å². The number of hydrogen-bond acceptors (Lipinski definition) is 2. The first-order chi connectivity index (χ1) is 5.83. The number of rotatable bonds is 1. The number of nitrogens with zero attached hydrogens (tertiary/aromatic N) is 1. The molecule has 0 aliphatic heterocycles. The van der Waals surface area contributed by atoms with Gasteiger partial charge < -0.3 is 4.98 Å². The molecule has 12 heavy (non-hydrogen) atoms. The SMILES string of the molecule is CSc1ccc(Br)c2nc[nH]c12. The molecule has 0 aliphatic carbocycles. The van der Waals surface area contributed by atoms with Crippen LogP contribution < -0.4 is 0 Å². The summed E-state index contributed by atoms with van der Waals surface area (Å²) in [5, 5.41) is 0. The van der Waals surface area contributed by atoms with Crippen molar-refractivity contribution < 1.29 is 0 Å². The van der Waals surface area contributed by atoms with E-state index < -0.39 is 0 Å². The highest BCUT2D eigenvalue weighted by molar-refractivity contribution is 9.10. The molecular weight excluding hydrogens is 236 g/mol. The number of benzene rings is 1. The molecule has 2 rings (SSSR count). The zero-order chi connectivity index (χ0) is 8.55. The highest BCUT2D eigenvalue weighted by Crippen LogP contribution is 2.28. The fourth-order valence-corrected chi connectivity index (χ4v) is 2.14. The van der Waals surface area contributed by atoms with Gasteiger partial charge in [-0.25, -0.2) is 4.98 Å². The maximum Gasteiger partial charge on any atom is 0.104 e. The van der Waals surface area contributed by atoms with Crippen LogP contribution in [0.25, 0.3) is 11.0 Å². The lowest BCUT2D eigenvalue weighted by atomic mass is 10.3. The molecule has 2 aromatic rings. The third-order valence-corrected chi connectivity index (χ3v) is 3.13. The Morgan fingerprint density at radius 1 is 1.50 bits per heavy atom. The fourth-order valence-electron chi connectivity index (χ4n) is 1.14. The van der Waals surface area contributed by atoms with Crippen molar-refractivity contribution in [3.05, 3.63) is 22.9 Å². The standard InChI is InChI=1S/C8H7BrN2S/c1-12-6-3-2-5(9)7-8(6)11-4-10-7/h2-4H,1H3,(H,10,11). The summed E-state index contributed by atoms with van der Waals surface area (Å²) in [6.07, 6.45) is 3.78. The molecule has 0 unspecified atom stereocenters. The third kappa shape index (κ3) is 1.15. The van der Waals surface area contributed by atoms with Gasteiger partial charge in [0.05, 0.1) is 11.8 Å². The number of halogens is 1. The molecule has 0 saturated carbocycles. The molecule has 62 valence electrons. The van der Waals surface area contributed by atoms with Crippen LogP contribution in [0.15, 0.2) is 27.8 Å². The molecule has 0 aliphatic rings. The van der Waals surface area contributed by atoms with Gasteiger partial charge in [-0.05, 0) is 34.3 Å². The van der Waals surface area contributed by atoms with Crippen LogP contribution in [0.3, 0.4) is 0 Å². The topological polar surface area (TPSA) is 28.7 Å². The normalized spacial score (nSPS) is 10.8. The fraction of sp³-hybridized carbons (Fsp3) is 0.125. The quantitative estimate of drug-likeness (QED) is 0.780. The molecule has 0 atom stereocenters. The van der Waals surface area contributed by atoms with E-state index in [1.54, 1.807) is 18.1 Å². The Labute approximate surface area is 82.9 Å². The van der Waals surface area contributed by atoms with E-state index in [1.807, 2.05) is 6.07 Å². The molecule has 1 N–H and O–H groups in total. The highest BCUT2D eigenvalue weighted by Gasteiger charge is 2.04. The predicted octanol–water partition coefficient (Wildman–Crippen LogP) is 3.05. The second-order valence-corrected chi connectivity index (χ2v) is 4.08. The van der Waals surface area contributed by atoms with Crippen LogP contribution in [0.5, 0.6) is 0 Å². The Bertz CT molecular complexity index is 410. The Balaban J connectivity index is 2.82. The molecule has 0 radical (unpaired) electrons. The summed E-state index contributed by atoms with van der Waals surface area (Å²) in [4.78, 5) is 8.56. The number of imidazole rings is 1.